The smallest absolute Gasteiger partial charge is 0.0776 e. The average Bonchev–Trinajstić information content (AvgIpc) is 1.85. The van der Waals surface area contributed by atoms with Gasteiger partial charge in [-0.1, -0.05) is 6.08 Å². The van der Waals surface area contributed by atoms with Crippen molar-refractivity contribution in [3.05, 3.63) is 12.7 Å². The third-order valence-electron chi connectivity index (χ3n) is 1.06. The standard InChI is InChI=1S/C7H14O2/c1-3-4-5-7(8)6-9-2/h3,7-8H,1,4-6H2,2H3/t7-/m1/s1. The number of hydrogen-bond acceptors (Lipinski definition) is 2. The first-order chi connectivity index (χ1) is 4.31. The number of methoxy groups -OCH3 is 1. The van der Waals surface area contributed by atoms with Crippen LogP contribution in [0.15, 0.2) is 12.7 Å². The topological polar surface area (TPSA) is 29.5 Å². The third-order valence-corrected chi connectivity index (χ3v) is 1.06. The Kier molecular flexibility index (Phi) is 5.57. The highest BCUT2D eigenvalue weighted by atomic mass is 16.5. The number of aliphatic hydroxyl groups excluding tert-OH is 1. The Hall–Kier alpha value is -0.340. The number of aliphatic hydroxyl groups is 1. The molecule has 0 aromatic rings. The zero-order valence-corrected chi connectivity index (χ0v) is 5.84. The Balaban J connectivity index is 3.04. The van der Waals surface area contributed by atoms with E-state index in [0.717, 1.165) is 12.8 Å². The lowest BCUT2D eigenvalue weighted by atomic mass is 10.2. The molecule has 1 atom stereocenters. The minimum atomic E-state index is -0.326. The van der Waals surface area contributed by atoms with Crippen LogP contribution in [0, 0.1) is 0 Å². The lowest BCUT2D eigenvalue weighted by Crippen LogP contribution is -2.12. The van der Waals surface area contributed by atoms with Crippen LogP contribution in [0.4, 0.5) is 0 Å². The molecular formula is C7H14O2. The molecule has 0 spiro atoms. The van der Waals surface area contributed by atoms with Crippen LogP contribution in [0.1, 0.15) is 12.8 Å². The molecular weight excluding hydrogens is 116 g/mol. The molecule has 0 rings (SSSR count). The SMILES string of the molecule is C=CCC[C@@H](O)COC. The predicted octanol–water partition coefficient (Wildman–Crippen LogP) is 0.960. The van der Waals surface area contributed by atoms with Crippen molar-refractivity contribution >= 4 is 0 Å². The fourth-order valence-corrected chi connectivity index (χ4v) is 0.586. The predicted molar refractivity (Wildman–Crippen MR) is 37.3 cm³/mol. The van der Waals surface area contributed by atoms with Crippen LogP contribution in [0.2, 0.25) is 0 Å². The van der Waals surface area contributed by atoms with Crippen molar-refractivity contribution in [1.82, 2.24) is 0 Å². The lowest BCUT2D eigenvalue weighted by Gasteiger charge is -2.05. The Bertz CT molecular complexity index is 71.3. The van der Waals surface area contributed by atoms with Crippen molar-refractivity contribution in [3.8, 4) is 0 Å². The van der Waals surface area contributed by atoms with Crippen LogP contribution < -0.4 is 0 Å². The zero-order valence-electron chi connectivity index (χ0n) is 5.84. The monoisotopic (exact) mass is 130 g/mol. The molecule has 9 heavy (non-hydrogen) atoms. The summed E-state index contributed by atoms with van der Waals surface area (Å²) in [4.78, 5) is 0. The molecule has 54 valence electrons. The van der Waals surface area contributed by atoms with Crippen LogP contribution in [-0.4, -0.2) is 24.9 Å². The maximum absolute atomic E-state index is 9.01. The van der Waals surface area contributed by atoms with Gasteiger partial charge in [-0.25, -0.2) is 0 Å². The van der Waals surface area contributed by atoms with Crippen molar-refractivity contribution in [2.24, 2.45) is 0 Å². The minimum Gasteiger partial charge on any atom is -0.391 e. The summed E-state index contributed by atoms with van der Waals surface area (Å²) in [6, 6.07) is 0. The van der Waals surface area contributed by atoms with E-state index < -0.39 is 0 Å². The van der Waals surface area contributed by atoms with Crippen molar-refractivity contribution in [2.45, 2.75) is 18.9 Å². The second-order valence-electron chi connectivity index (χ2n) is 1.98. The Morgan fingerprint density at radius 3 is 2.89 bits per heavy atom. The van der Waals surface area contributed by atoms with Crippen molar-refractivity contribution < 1.29 is 9.84 Å². The van der Waals surface area contributed by atoms with Crippen molar-refractivity contribution in [1.29, 1.82) is 0 Å². The molecule has 0 aliphatic carbocycles. The van der Waals surface area contributed by atoms with Gasteiger partial charge in [0.2, 0.25) is 0 Å². The van der Waals surface area contributed by atoms with Gasteiger partial charge in [-0.05, 0) is 12.8 Å². The van der Waals surface area contributed by atoms with Gasteiger partial charge in [-0.15, -0.1) is 6.58 Å². The van der Waals surface area contributed by atoms with E-state index in [4.69, 9.17) is 9.84 Å². The van der Waals surface area contributed by atoms with E-state index in [1.807, 2.05) is 0 Å². The van der Waals surface area contributed by atoms with Gasteiger partial charge in [-0.2, -0.15) is 0 Å². The van der Waals surface area contributed by atoms with Gasteiger partial charge >= 0.3 is 0 Å². The molecule has 0 fully saturated rings. The average molecular weight is 130 g/mol. The van der Waals surface area contributed by atoms with Crippen LogP contribution in [-0.2, 0) is 4.74 Å². The first kappa shape index (κ1) is 8.66. The highest BCUT2D eigenvalue weighted by Gasteiger charge is 1.99. The first-order valence-corrected chi connectivity index (χ1v) is 3.09. The van der Waals surface area contributed by atoms with Gasteiger partial charge in [-0.3, -0.25) is 0 Å². The van der Waals surface area contributed by atoms with Crippen LogP contribution in [0.25, 0.3) is 0 Å². The Morgan fingerprint density at radius 1 is 1.78 bits per heavy atom. The summed E-state index contributed by atoms with van der Waals surface area (Å²) in [7, 11) is 1.58. The molecule has 0 aromatic heterocycles. The molecule has 0 heterocycles. The number of hydrogen-bond donors (Lipinski definition) is 1. The fraction of sp³-hybridized carbons (Fsp3) is 0.714. The molecule has 0 aromatic carbocycles. The molecule has 0 saturated carbocycles. The van der Waals surface area contributed by atoms with E-state index in [9.17, 15) is 0 Å². The molecule has 0 saturated heterocycles. The Labute approximate surface area is 56.1 Å². The second-order valence-corrected chi connectivity index (χ2v) is 1.98. The van der Waals surface area contributed by atoms with E-state index in [0.29, 0.717) is 6.61 Å². The van der Waals surface area contributed by atoms with Gasteiger partial charge in [0.15, 0.2) is 0 Å². The van der Waals surface area contributed by atoms with Gasteiger partial charge in [0.25, 0.3) is 0 Å². The lowest BCUT2D eigenvalue weighted by molar-refractivity contribution is 0.0600. The first-order valence-electron chi connectivity index (χ1n) is 3.09. The molecule has 0 bridgehead atoms. The summed E-state index contributed by atoms with van der Waals surface area (Å²) in [5.74, 6) is 0. The van der Waals surface area contributed by atoms with Crippen LogP contribution in [0.5, 0.6) is 0 Å². The maximum atomic E-state index is 9.01. The van der Waals surface area contributed by atoms with E-state index >= 15 is 0 Å². The summed E-state index contributed by atoms with van der Waals surface area (Å²) in [5.41, 5.74) is 0. The quantitative estimate of drug-likeness (QED) is 0.562. The molecule has 0 aliphatic heterocycles. The summed E-state index contributed by atoms with van der Waals surface area (Å²) in [5, 5.41) is 9.01. The zero-order chi connectivity index (χ0) is 7.11. The fourth-order valence-electron chi connectivity index (χ4n) is 0.586. The Morgan fingerprint density at radius 2 is 2.44 bits per heavy atom. The van der Waals surface area contributed by atoms with Gasteiger partial charge in [0.1, 0.15) is 0 Å². The van der Waals surface area contributed by atoms with Crippen LogP contribution >= 0.6 is 0 Å². The highest BCUT2D eigenvalue weighted by molar-refractivity contribution is 4.68. The number of ether oxygens (including phenoxy) is 1. The van der Waals surface area contributed by atoms with E-state index in [1.165, 1.54) is 0 Å². The van der Waals surface area contributed by atoms with E-state index in [-0.39, 0.29) is 6.10 Å². The highest BCUT2D eigenvalue weighted by Crippen LogP contribution is 1.96. The normalized spacial score (nSPS) is 13.1. The molecule has 2 heteroatoms. The second kappa shape index (κ2) is 5.79. The summed E-state index contributed by atoms with van der Waals surface area (Å²) >= 11 is 0. The van der Waals surface area contributed by atoms with Crippen molar-refractivity contribution in [2.75, 3.05) is 13.7 Å². The van der Waals surface area contributed by atoms with Gasteiger partial charge in [0.05, 0.1) is 12.7 Å². The molecule has 0 aliphatic rings. The van der Waals surface area contributed by atoms with Crippen molar-refractivity contribution in [3.63, 3.8) is 0 Å². The van der Waals surface area contributed by atoms with Gasteiger partial charge in [0, 0.05) is 7.11 Å². The third kappa shape index (κ3) is 5.53. The largest absolute Gasteiger partial charge is 0.391 e. The maximum Gasteiger partial charge on any atom is 0.0776 e. The van der Waals surface area contributed by atoms with E-state index in [2.05, 4.69) is 6.58 Å². The van der Waals surface area contributed by atoms with Gasteiger partial charge < -0.3 is 9.84 Å². The summed E-state index contributed by atoms with van der Waals surface area (Å²) in [6.07, 6.45) is 3.06. The molecule has 2 nitrogen and oxygen atoms in total. The molecule has 0 unspecified atom stereocenters. The number of allylic oxidation sites excluding steroid dienone is 1. The molecule has 0 amide bonds. The molecule has 0 radical (unpaired) electrons. The summed E-state index contributed by atoms with van der Waals surface area (Å²) in [6.45, 7) is 3.97. The minimum absolute atomic E-state index is 0.326. The summed E-state index contributed by atoms with van der Waals surface area (Å²) < 4.78 is 4.72. The number of rotatable bonds is 5. The van der Waals surface area contributed by atoms with Crippen LogP contribution in [0.3, 0.4) is 0 Å². The molecule has 1 N–H and O–H groups in total. The van der Waals surface area contributed by atoms with E-state index in [1.54, 1.807) is 13.2 Å².